The summed E-state index contributed by atoms with van der Waals surface area (Å²) in [5.74, 6) is -0.358. The Bertz CT molecular complexity index is 736. The van der Waals surface area contributed by atoms with Crippen molar-refractivity contribution in [1.29, 1.82) is 0 Å². The van der Waals surface area contributed by atoms with E-state index in [4.69, 9.17) is 26.0 Å². The first-order chi connectivity index (χ1) is 13.5. The molecule has 0 aromatic carbocycles. The number of methoxy groups -OCH3 is 1. The second-order valence-corrected chi connectivity index (χ2v) is 11.9. The van der Waals surface area contributed by atoms with Gasteiger partial charge >= 0.3 is 5.97 Å². The molecule has 0 amide bonds. The third-order valence-corrected chi connectivity index (χ3v) is 11.0. The fraction of sp³-hybridized carbons (Fsp3) is 0.647. The first-order valence-electron chi connectivity index (χ1n) is 9.16. The Morgan fingerprint density at radius 3 is 2.21 bits per heavy atom. The van der Waals surface area contributed by atoms with Gasteiger partial charge in [-0.05, 0) is 6.07 Å². The normalized spacial score (nSPS) is 19.8. The Balaban J connectivity index is 2.10. The monoisotopic (exact) mass is 446 g/mol. The summed E-state index contributed by atoms with van der Waals surface area (Å²) in [6.07, 6.45) is -0.594. The van der Waals surface area contributed by atoms with E-state index >= 15 is 0 Å². The second-order valence-electron chi connectivity index (χ2n) is 6.68. The Hall–Kier alpha value is -0.870. The van der Waals surface area contributed by atoms with E-state index in [1.165, 1.54) is 18.4 Å². The summed E-state index contributed by atoms with van der Waals surface area (Å²) in [6.45, 7) is 5.73. The molecule has 3 rings (SSSR count). The first kappa shape index (κ1) is 21.8. The molecular formula is C17H27N4O4PS2. The minimum absolute atomic E-state index is 0.358. The third-order valence-electron chi connectivity index (χ3n) is 4.54. The van der Waals surface area contributed by atoms with E-state index in [0.29, 0.717) is 31.3 Å². The molecule has 0 saturated carbocycles. The number of hydrogen-bond acceptors (Lipinski definition) is 7. The average molecular weight is 447 g/mol. The van der Waals surface area contributed by atoms with Crippen LogP contribution in [0, 0.1) is 0 Å². The fourth-order valence-electron chi connectivity index (χ4n) is 3.18. The van der Waals surface area contributed by atoms with Crippen molar-refractivity contribution in [1.82, 2.24) is 14.2 Å². The van der Waals surface area contributed by atoms with Gasteiger partial charge in [0, 0.05) is 40.3 Å². The predicted molar refractivity (Wildman–Crippen MR) is 116 cm³/mol. The van der Waals surface area contributed by atoms with E-state index in [2.05, 4.69) is 14.3 Å². The zero-order chi connectivity index (χ0) is 20.1. The van der Waals surface area contributed by atoms with Gasteiger partial charge < -0.3 is 19.1 Å². The first-order valence-corrected chi connectivity index (χ1v) is 12.7. The van der Waals surface area contributed by atoms with Crippen LogP contribution in [0.4, 0.5) is 5.00 Å². The Kier molecular flexibility index (Phi) is 7.60. The number of carbonyl (C=O) groups excluding carboxylic acids is 1. The van der Waals surface area contributed by atoms with Crippen LogP contribution in [0.3, 0.4) is 0 Å². The molecule has 28 heavy (non-hydrogen) atoms. The van der Waals surface area contributed by atoms with Crippen LogP contribution >= 0.6 is 17.7 Å². The number of ether oxygens (including phenoxy) is 3. The van der Waals surface area contributed by atoms with Crippen molar-refractivity contribution in [3.8, 4) is 0 Å². The van der Waals surface area contributed by atoms with E-state index < -0.39 is 6.34 Å². The number of esters is 1. The minimum atomic E-state index is -2.34. The predicted octanol–water partition coefficient (Wildman–Crippen LogP) is 1.36. The zero-order valence-corrected chi connectivity index (χ0v) is 19.0. The lowest BCUT2D eigenvalue weighted by Crippen LogP contribution is -2.46. The van der Waals surface area contributed by atoms with Gasteiger partial charge in [-0.1, -0.05) is 11.8 Å². The molecule has 0 radical (unpaired) electrons. The highest BCUT2D eigenvalue weighted by Gasteiger charge is 2.39. The van der Waals surface area contributed by atoms with Crippen LogP contribution < -0.4 is 5.30 Å². The fourth-order valence-corrected chi connectivity index (χ4v) is 9.15. The molecule has 8 nitrogen and oxygen atoms in total. The van der Waals surface area contributed by atoms with Crippen LogP contribution in [-0.4, -0.2) is 100 Å². The zero-order valence-electron chi connectivity index (χ0n) is 16.5. The maximum absolute atomic E-state index is 12.2. The number of rotatable bonds is 6. The van der Waals surface area contributed by atoms with Crippen molar-refractivity contribution < 1.29 is 19.0 Å². The second kappa shape index (κ2) is 9.75. The molecule has 156 valence electrons. The van der Waals surface area contributed by atoms with E-state index in [9.17, 15) is 4.79 Å². The summed E-state index contributed by atoms with van der Waals surface area (Å²) < 4.78 is 20.8. The molecule has 2 aliphatic heterocycles. The molecule has 0 N–H and O–H groups in total. The molecule has 2 saturated heterocycles. The Labute approximate surface area is 175 Å². The maximum Gasteiger partial charge on any atom is 0.348 e. The van der Waals surface area contributed by atoms with Gasteiger partial charge in [-0.2, -0.15) is 0 Å². The van der Waals surface area contributed by atoms with Gasteiger partial charge in [0.05, 0.1) is 45.2 Å². The standard InChI is InChI=1S/C17H27N4O4PS2/c1-19(2)13-18-16-14(12-15(28-16)17(22)23-3)26(27,20-4-8-24-9-5-20)21-6-10-25-11-7-21/h12-13H,4-11H2,1-3H3. The van der Waals surface area contributed by atoms with E-state index in [-0.39, 0.29) is 5.97 Å². The summed E-state index contributed by atoms with van der Waals surface area (Å²) in [5, 5.41) is 1.73. The summed E-state index contributed by atoms with van der Waals surface area (Å²) in [7, 11) is 5.22. The summed E-state index contributed by atoms with van der Waals surface area (Å²) >= 11 is 7.77. The summed E-state index contributed by atoms with van der Waals surface area (Å²) in [6, 6.07) is 1.89. The molecule has 1 aromatic heterocycles. The molecular weight excluding hydrogens is 419 g/mol. The topological polar surface area (TPSA) is 66.8 Å². The summed E-state index contributed by atoms with van der Waals surface area (Å²) in [4.78, 5) is 19.3. The van der Waals surface area contributed by atoms with Gasteiger partial charge in [0.25, 0.3) is 0 Å². The van der Waals surface area contributed by atoms with Gasteiger partial charge in [-0.3, -0.25) is 9.34 Å². The minimum Gasteiger partial charge on any atom is -0.465 e. The van der Waals surface area contributed by atoms with Crippen LogP contribution in [-0.2, 0) is 26.0 Å². The molecule has 3 heterocycles. The van der Waals surface area contributed by atoms with Gasteiger partial charge in [-0.25, -0.2) is 9.79 Å². The van der Waals surface area contributed by atoms with Gasteiger partial charge in [-0.15, -0.1) is 11.3 Å². The van der Waals surface area contributed by atoms with Gasteiger partial charge in [0.15, 0.2) is 0 Å². The van der Waals surface area contributed by atoms with E-state index in [1.54, 1.807) is 6.34 Å². The summed E-state index contributed by atoms with van der Waals surface area (Å²) in [5.41, 5.74) is 0. The number of morpholine rings is 2. The molecule has 1 aromatic rings. The van der Waals surface area contributed by atoms with Crippen molar-refractivity contribution in [2.45, 2.75) is 0 Å². The van der Waals surface area contributed by atoms with Crippen LogP contribution in [0.2, 0.25) is 0 Å². The number of aliphatic imine (C=N–C) groups is 1. The van der Waals surface area contributed by atoms with Gasteiger partial charge in [0.2, 0.25) is 0 Å². The highest BCUT2D eigenvalue weighted by atomic mass is 32.4. The number of nitrogens with zero attached hydrogens (tertiary/aromatic N) is 4. The molecule has 11 heteroatoms. The van der Waals surface area contributed by atoms with Crippen LogP contribution in [0.1, 0.15) is 9.67 Å². The quantitative estimate of drug-likeness (QED) is 0.281. The van der Waals surface area contributed by atoms with Crippen molar-refractivity contribution in [3.63, 3.8) is 0 Å². The highest BCUT2D eigenvalue weighted by Crippen LogP contribution is 2.56. The Morgan fingerprint density at radius 2 is 1.75 bits per heavy atom. The molecule has 0 spiro atoms. The number of carbonyl (C=O) groups is 1. The van der Waals surface area contributed by atoms with Crippen LogP contribution in [0.5, 0.6) is 0 Å². The molecule has 0 aliphatic carbocycles. The number of hydrogen-bond donors (Lipinski definition) is 0. The lowest BCUT2D eigenvalue weighted by molar-refractivity contribution is 0.0588. The van der Waals surface area contributed by atoms with Crippen molar-refractivity contribution >= 4 is 52.1 Å². The molecule has 0 bridgehead atoms. The molecule has 0 unspecified atom stereocenters. The van der Waals surface area contributed by atoms with E-state index in [0.717, 1.165) is 36.5 Å². The smallest absolute Gasteiger partial charge is 0.348 e. The Morgan fingerprint density at radius 1 is 1.21 bits per heavy atom. The largest absolute Gasteiger partial charge is 0.465 e. The molecule has 2 aliphatic rings. The lowest BCUT2D eigenvalue weighted by Gasteiger charge is -2.45. The lowest BCUT2D eigenvalue weighted by atomic mass is 10.5. The highest BCUT2D eigenvalue weighted by molar-refractivity contribution is 8.16. The number of thiophene rings is 1. The maximum atomic E-state index is 12.2. The SMILES string of the molecule is COC(=O)c1cc(P(=S)(N2CCOCC2)N2CCOCC2)c(N=CN(C)C)s1. The molecule has 0 atom stereocenters. The van der Waals surface area contributed by atoms with Gasteiger partial charge in [0.1, 0.15) is 16.2 Å². The van der Waals surface area contributed by atoms with E-state index in [1.807, 2.05) is 25.1 Å². The molecule has 2 fully saturated rings. The van der Waals surface area contributed by atoms with Crippen LogP contribution in [0.25, 0.3) is 0 Å². The average Bonchev–Trinajstić information content (AvgIpc) is 3.17. The van der Waals surface area contributed by atoms with Crippen LogP contribution in [0.15, 0.2) is 11.1 Å². The van der Waals surface area contributed by atoms with Crippen molar-refractivity contribution in [2.75, 3.05) is 73.8 Å². The van der Waals surface area contributed by atoms with Crippen molar-refractivity contribution in [2.24, 2.45) is 4.99 Å². The third kappa shape index (κ3) is 4.64. The van der Waals surface area contributed by atoms with Crippen molar-refractivity contribution in [3.05, 3.63) is 10.9 Å².